The first-order valence-corrected chi connectivity index (χ1v) is 8.04. The molecule has 0 bridgehead atoms. The van der Waals surface area contributed by atoms with E-state index in [1.165, 1.54) is 18.6 Å². The zero-order valence-electron chi connectivity index (χ0n) is 13.2. The van der Waals surface area contributed by atoms with Crippen LogP contribution in [-0.4, -0.2) is 21.0 Å². The number of non-ortho nitro benzene ring substituents is 1. The Hall–Kier alpha value is -2.49. The molecule has 1 aromatic carbocycles. The molecular weight excluding hydrogens is 334 g/mol. The summed E-state index contributed by atoms with van der Waals surface area (Å²) in [6.45, 7) is 2.16. The molecule has 1 aromatic rings. The molecule has 0 radical (unpaired) electrons. The molecular formula is C14H19N5O4S. The van der Waals surface area contributed by atoms with Crippen molar-refractivity contribution in [2.45, 2.75) is 38.6 Å². The van der Waals surface area contributed by atoms with Gasteiger partial charge in [-0.1, -0.05) is 19.8 Å². The SMILES string of the molecule is C[C@@H]1CCCC[C@H]1NC(=S)NNc1ccc([N+](=O)[O-])cc1[N+](=O)[O-]. The van der Waals surface area contributed by atoms with Crippen LogP contribution in [-0.2, 0) is 0 Å². The fourth-order valence-electron chi connectivity index (χ4n) is 2.75. The van der Waals surface area contributed by atoms with Gasteiger partial charge in [0.25, 0.3) is 5.69 Å². The van der Waals surface area contributed by atoms with Crippen LogP contribution in [0.1, 0.15) is 32.6 Å². The quantitative estimate of drug-likeness (QED) is 0.419. The van der Waals surface area contributed by atoms with Crippen molar-refractivity contribution in [3.8, 4) is 0 Å². The molecule has 1 aliphatic rings. The smallest absolute Gasteiger partial charge is 0.300 e. The van der Waals surface area contributed by atoms with Crippen LogP contribution in [0.5, 0.6) is 0 Å². The zero-order valence-corrected chi connectivity index (χ0v) is 14.0. The summed E-state index contributed by atoms with van der Waals surface area (Å²) < 4.78 is 0. The number of hydrogen-bond acceptors (Lipinski definition) is 6. The van der Waals surface area contributed by atoms with Crippen LogP contribution >= 0.6 is 12.2 Å². The van der Waals surface area contributed by atoms with E-state index in [1.54, 1.807) is 0 Å². The Bertz CT molecular complexity index is 654. The molecule has 0 amide bonds. The lowest BCUT2D eigenvalue weighted by Crippen LogP contribution is -2.47. The van der Waals surface area contributed by atoms with Crippen LogP contribution in [0.3, 0.4) is 0 Å². The second-order valence-corrected chi connectivity index (χ2v) is 6.22. The second-order valence-electron chi connectivity index (χ2n) is 5.81. The van der Waals surface area contributed by atoms with Crippen LogP contribution in [0.25, 0.3) is 0 Å². The minimum atomic E-state index is -0.684. The van der Waals surface area contributed by atoms with Gasteiger partial charge in [0.2, 0.25) is 0 Å². The first-order valence-electron chi connectivity index (χ1n) is 7.64. The van der Waals surface area contributed by atoms with E-state index in [2.05, 4.69) is 23.1 Å². The van der Waals surface area contributed by atoms with Gasteiger partial charge >= 0.3 is 5.69 Å². The molecule has 0 saturated heterocycles. The van der Waals surface area contributed by atoms with Gasteiger partial charge in [-0.05, 0) is 37.0 Å². The Morgan fingerprint density at radius 3 is 2.54 bits per heavy atom. The first-order chi connectivity index (χ1) is 11.4. The van der Waals surface area contributed by atoms with Crippen molar-refractivity contribution >= 4 is 34.4 Å². The minimum Gasteiger partial charge on any atom is -0.358 e. The summed E-state index contributed by atoms with van der Waals surface area (Å²) >= 11 is 5.20. The number of nitrogens with one attached hydrogen (secondary N) is 3. The summed E-state index contributed by atoms with van der Waals surface area (Å²) in [6, 6.07) is 3.64. The van der Waals surface area contributed by atoms with Gasteiger partial charge in [0.1, 0.15) is 5.69 Å². The Balaban J connectivity index is 1.99. The highest BCUT2D eigenvalue weighted by atomic mass is 32.1. The van der Waals surface area contributed by atoms with Gasteiger partial charge in [-0.3, -0.25) is 31.1 Å². The Morgan fingerprint density at radius 2 is 1.92 bits per heavy atom. The van der Waals surface area contributed by atoms with E-state index in [0.717, 1.165) is 25.3 Å². The number of anilines is 1. The number of hydrogen-bond donors (Lipinski definition) is 3. The summed E-state index contributed by atoms with van der Waals surface area (Å²) in [5.41, 5.74) is 4.72. The molecule has 0 heterocycles. The molecule has 1 saturated carbocycles. The molecule has 0 aromatic heterocycles. The third kappa shape index (κ3) is 4.51. The maximum absolute atomic E-state index is 11.1. The number of hydrazine groups is 1. The standard InChI is InChI=1S/C14H19N5O4S/c1-9-4-2-3-5-11(9)15-14(24)17-16-12-7-6-10(18(20)21)8-13(12)19(22)23/h6-9,11,16H,2-5H2,1H3,(H2,15,17,24)/t9-,11-/m1/s1. The summed E-state index contributed by atoms with van der Waals surface area (Å²) in [4.78, 5) is 20.4. The molecule has 3 N–H and O–H groups in total. The van der Waals surface area contributed by atoms with Gasteiger partial charge in [-0.15, -0.1) is 0 Å². The molecule has 10 heteroatoms. The van der Waals surface area contributed by atoms with Gasteiger partial charge in [-0.2, -0.15) is 0 Å². The molecule has 24 heavy (non-hydrogen) atoms. The summed E-state index contributed by atoms with van der Waals surface area (Å²) in [7, 11) is 0. The van der Waals surface area contributed by atoms with Crippen molar-refractivity contribution < 1.29 is 9.85 Å². The molecule has 2 atom stereocenters. The summed E-state index contributed by atoms with van der Waals surface area (Å²) in [5.74, 6) is 0.507. The number of nitro groups is 2. The predicted molar refractivity (Wildman–Crippen MR) is 93.7 cm³/mol. The lowest BCUT2D eigenvalue weighted by Gasteiger charge is -2.30. The Kier molecular flexibility index (Phi) is 5.85. The van der Waals surface area contributed by atoms with Crippen LogP contribution in [0.2, 0.25) is 0 Å². The lowest BCUT2D eigenvalue weighted by atomic mass is 9.86. The second kappa shape index (κ2) is 7.86. The maximum Gasteiger partial charge on any atom is 0.300 e. The van der Waals surface area contributed by atoms with Gasteiger partial charge in [0.05, 0.1) is 15.9 Å². The van der Waals surface area contributed by atoms with E-state index in [1.807, 2.05) is 0 Å². The first kappa shape index (κ1) is 17.9. The fraction of sp³-hybridized carbons (Fsp3) is 0.500. The number of nitro benzene ring substituents is 2. The van der Waals surface area contributed by atoms with E-state index in [-0.39, 0.29) is 17.4 Å². The monoisotopic (exact) mass is 353 g/mol. The number of benzene rings is 1. The molecule has 1 fully saturated rings. The van der Waals surface area contributed by atoms with Gasteiger partial charge < -0.3 is 5.32 Å². The summed E-state index contributed by atoms with van der Waals surface area (Å²) in [5, 5.41) is 25.3. The highest BCUT2D eigenvalue weighted by Gasteiger charge is 2.22. The van der Waals surface area contributed by atoms with Gasteiger partial charge in [0.15, 0.2) is 5.11 Å². The van der Waals surface area contributed by atoms with Crippen LogP contribution in [0, 0.1) is 26.1 Å². The van der Waals surface area contributed by atoms with E-state index in [9.17, 15) is 20.2 Å². The van der Waals surface area contributed by atoms with E-state index in [4.69, 9.17) is 12.2 Å². The Labute approximate surface area is 144 Å². The third-order valence-corrected chi connectivity index (χ3v) is 4.35. The largest absolute Gasteiger partial charge is 0.358 e. The van der Waals surface area contributed by atoms with E-state index in [0.29, 0.717) is 11.0 Å². The average molecular weight is 353 g/mol. The average Bonchev–Trinajstić information content (AvgIpc) is 2.54. The molecule has 2 rings (SSSR count). The van der Waals surface area contributed by atoms with Gasteiger partial charge in [0, 0.05) is 12.1 Å². The maximum atomic E-state index is 11.1. The third-order valence-electron chi connectivity index (χ3n) is 4.13. The number of rotatable bonds is 5. The normalized spacial score (nSPS) is 20.0. The van der Waals surface area contributed by atoms with Crippen molar-refractivity contribution in [1.82, 2.24) is 10.7 Å². The van der Waals surface area contributed by atoms with Crippen molar-refractivity contribution in [3.63, 3.8) is 0 Å². The van der Waals surface area contributed by atoms with Crippen molar-refractivity contribution in [2.75, 3.05) is 5.43 Å². The van der Waals surface area contributed by atoms with Crippen LogP contribution < -0.4 is 16.2 Å². The molecule has 0 aliphatic heterocycles. The van der Waals surface area contributed by atoms with Crippen molar-refractivity contribution in [3.05, 3.63) is 38.4 Å². The lowest BCUT2D eigenvalue weighted by molar-refractivity contribution is -0.393. The predicted octanol–water partition coefficient (Wildman–Crippen LogP) is 2.87. The summed E-state index contributed by atoms with van der Waals surface area (Å²) in [6.07, 6.45) is 4.53. The molecule has 0 unspecified atom stereocenters. The Morgan fingerprint density at radius 1 is 1.21 bits per heavy atom. The van der Waals surface area contributed by atoms with Gasteiger partial charge in [-0.25, -0.2) is 0 Å². The highest BCUT2D eigenvalue weighted by molar-refractivity contribution is 7.80. The molecule has 0 spiro atoms. The molecule has 130 valence electrons. The molecule has 9 nitrogen and oxygen atoms in total. The zero-order chi connectivity index (χ0) is 17.7. The molecule has 1 aliphatic carbocycles. The topological polar surface area (TPSA) is 122 Å². The van der Waals surface area contributed by atoms with E-state index >= 15 is 0 Å². The van der Waals surface area contributed by atoms with Crippen LogP contribution in [0.15, 0.2) is 18.2 Å². The number of nitrogens with zero attached hydrogens (tertiary/aromatic N) is 2. The van der Waals surface area contributed by atoms with Crippen molar-refractivity contribution in [1.29, 1.82) is 0 Å². The minimum absolute atomic E-state index is 0.103. The number of thiocarbonyl (C=S) groups is 1. The van der Waals surface area contributed by atoms with Crippen LogP contribution in [0.4, 0.5) is 17.1 Å². The highest BCUT2D eigenvalue weighted by Crippen LogP contribution is 2.28. The van der Waals surface area contributed by atoms with Crippen molar-refractivity contribution in [2.24, 2.45) is 5.92 Å². The van der Waals surface area contributed by atoms with E-state index < -0.39 is 15.5 Å². The fourth-order valence-corrected chi connectivity index (χ4v) is 2.95.